The number of sulfonamides is 1. The van der Waals surface area contributed by atoms with Gasteiger partial charge in [0.25, 0.3) is 0 Å². The Kier molecular flexibility index (Phi) is 5.39. The molecule has 2 N–H and O–H groups in total. The van der Waals surface area contributed by atoms with E-state index in [-0.39, 0.29) is 11.4 Å². The number of fused-ring (bicyclic) bond motifs is 1. The van der Waals surface area contributed by atoms with E-state index in [1.165, 1.54) is 16.1 Å². The maximum absolute atomic E-state index is 12.4. The summed E-state index contributed by atoms with van der Waals surface area (Å²) in [6.07, 6.45) is 2.82. The van der Waals surface area contributed by atoms with Crippen LogP contribution < -0.4 is 14.9 Å². The fraction of sp³-hybridized carbons (Fsp3) is 0.381. The number of rotatable bonds is 3. The Morgan fingerprint density at radius 1 is 1.00 bits per heavy atom. The molecule has 0 spiro atoms. The van der Waals surface area contributed by atoms with Gasteiger partial charge < -0.3 is 10.6 Å². The lowest BCUT2D eigenvalue weighted by molar-refractivity contribution is 0.262. The van der Waals surface area contributed by atoms with Crippen molar-refractivity contribution in [3.05, 3.63) is 53.6 Å². The van der Waals surface area contributed by atoms with E-state index in [2.05, 4.69) is 31.4 Å². The Labute approximate surface area is 167 Å². The smallest absolute Gasteiger partial charge is 0.308 e. The summed E-state index contributed by atoms with van der Waals surface area (Å²) >= 11 is 0. The summed E-state index contributed by atoms with van der Waals surface area (Å²) < 4.78 is 25.5. The summed E-state index contributed by atoms with van der Waals surface area (Å²) in [7, 11) is -3.34. The van der Waals surface area contributed by atoms with Crippen molar-refractivity contribution in [2.75, 3.05) is 27.7 Å². The number of carbonyl (C=O) groups is 1. The fourth-order valence-electron chi connectivity index (χ4n) is 3.31. The van der Waals surface area contributed by atoms with Crippen molar-refractivity contribution in [3.63, 3.8) is 0 Å². The van der Waals surface area contributed by atoms with E-state index in [0.29, 0.717) is 23.6 Å². The summed E-state index contributed by atoms with van der Waals surface area (Å²) in [5, 5.41) is 5.59. The van der Waals surface area contributed by atoms with Crippen LogP contribution >= 0.6 is 0 Å². The molecule has 0 saturated carbocycles. The number of benzene rings is 2. The first-order chi connectivity index (χ1) is 13.0. The molecule has 0 aromatic heterocycles. The van der Waals surface area contributed by atoms with Crippen LogP contribution in [0.4, 0.5) is 21.9 Å². The van der Waals surface area contributed by atoms with Crippen LogP contribution in [0.2, 0.25) is 0 Å². The maximum Gasteiger partial charge on any atom is 0.323 e. The average Bonchev–Trinajstić information content (AvgIpc) is 2.60. The number of hydrogen-bond donors (Lipinski definition) is 2. The van der Waals surface area contributed by atoms with Crippen molar-refractivity contribution < 1.29 is 13.2 Å². The van der Waals surface area contributed by atoms with Crippen LogP contribution in [-0.4, -0.2) is 27.2 Å². The molecule has 0 radical (unpaired) electrons. The van der Waals surface area contributed by atoms with Crippen LogP contribution in [0, 0.1) is 0 Å². The molecule has 1 aliphatic heterocycles. The molecule has 150 valence electrons. The van der Waals surface area contributed by atoms with Crippen LogP contribution in [0.1, 0.15) is 38.3 Å². The highest BCUT2D eigenvalue weighted by Gasteiger charge is 2.24. The van der Waals surface area contributed by atoms with Crippen molar-refractivity contribution in [1.82, 2.24) is 0 Å². The molecule has 6 nitrogen and oxygen atoms in total. The minimum Gasteiger partial charge on any atom is -0.308 e. The van der Waals surface area contributed by atoms with Crippen molar-refractivity contribution >= 4 is 33.1 Å². The summed E-state index contributed by atoms with van der Waals surface area (Å²) in [6, 6.07) is 12.8. The standard InChI is InChI=1S/C21H27N3O3S/c1-21(2,3)16-8-11-17(12-9-16)22-20(25)23-18-10-7-15-6-5-13-24(19(15)14-18)28(4,26)27/h7-12,14H,5-6,13H2,1-4H3,(H2,22,23,25). The zero-order chi connectivity index (χ0) is 20.5. The number of aryl methyl sites for hydroxylation is 1. The molecule has 7 heteroatoms. The topological polar surface area (TPSA) is 78.5 Å². The molecule has 0 unspecified atom stereocenters. The van der Waals surface area contributed by atoms with Crippen LogP contribution in [0.5, 0.6) is 0 Å². The molecule has 0 bridgehead atoms. The van der Waals surface area contributed by atoms with Gasteiger partial charge in [0.2, 0.25) is 10.0 Å². The van der Waals surface area contributed by atoms with E-state index in [0.717, 1.165) is 18.4 Å². The van der Waals surface area contributed by atoms with Gasteiger partial charge in [0.15, 0.2) is 0 Å². The summed E-state index contributed by atoms with van der Waals surface area (Å²) in [5.41, 5.74) is 4.10. The number of urea groups is 1. The molecule has 0 fully saturated rings. The monoisotopic (exact) mass is 401 g/mol. The molecule has 0 atom stereocenters. The second-order valence-electron chi connectivity index (χ2n) is 8.19. The van der Waals surface area contributed by atoms with Crippen LogP contribution in [0.15, 0.2) is 42.5 Å². The van der Waals surface area contributed by atoms with Crippen molar-refractivity contribution in [3.8, 4) is 0 Å². The molecule has 2 amide bonds. The molecule has 2 aromatic rings. The van der Waals surface area contributed by atoms with Crippen LogP contribution in [0.25, 0.3) is 0 Å². The lowest BCUT2D eigenvalue weighted by atomic mass is 9.87. The fourth-order valence-corrected chi connectivity index (χ4v) is 4.30. The minimum absolute atomic E-state index is 0.0510. The van der Waals surface area contributed by atoms with Gasteiger partial charge in [-0.1, -0.05) is 39.0 Å². The van der Waals surface area contributed by atoms with Gasteiger partial charge in [-0.05, 0) is 53.6 Å². The Balaban J connectivity index is 1.73. The van der Waals surface area contributed by atoms with E-state index in [4.69, 9.17) is 0 Å². The van der Waals surface area contributed by atoms with Gasteiger partial charge in [0.05, 0.1) is 11.9 Å². The van der Waals surface area contributed by atoms with Gasteiger partial charge in [-0.25, -0.2) is 13.2 Å². The number of hydrogen-bond acceptors (Lipinski definition) is 3. The molecular formula is C21H27N3O3S. The highest BCUT2D eigenvalue weighted by molar-refractivity contribution is 7.92. The highest BCUT2D eigenvalue weighted by atomic mass is 32.2. The molecule has 0 aliphatic carbocycles. The van der Waals surface area contributed by atoms with Gasteiger partial charge >= 0.3 is 6.03 Å². The second-order valence-corrected chi connectivity index (χ2v) is 10.1. The Morgan fingerprint density at radius 2 is 1.61 bits per heavy atom. The van der Waals surface area contributed by atoms with E-state index < -0.39 is 10.0 Å². The predicted molar refractivity (Wildman–Crippen MR) is 115 cm³/mol. The molecule has 2 aromatic carbocycles. The summed E-state index contributed by atoms with van der Waals surface area (Å²) in [4.78, 5) is 12.4. The molecule has 1 aliphatic rings. The molecule has 0 saturated heterocycles. The predicted octanol–water partition coefficient (Wildman–Crippen LogP) is 4.34. The Morgan fingerprint density at radius 3 is 2.21 bits per heavy atom. The quantitative estimate of drug-likeness (QED) is 0.803. The number of nitrogens with one attached hydrogen (secondary N) is 2. The van der Waals surface area contributed by atoms with Gasteiger partial charge in [-0.15, -0.1) is 0 Å². The zero-order valence-corrected chi connectivity index (χ0v) is 17.6. The summed E-state index contributed by atoms with van der Waals surface area (Å²) in [5.74, 6) is 0. The molecular weight excluding hydrogens is 374 g/mol. The van der Waals surface area contributed by atoms with Crippen LogP contribution in [0.3, 0.4) is 0 Å². The highest BCUT2D eigenvalue weighted by Crippen LogP contribution is 2.31. The van der Waals surface area contributed by atoms with Gasteiger partial charge in [-0.3, -0.25) is 4.31 Å². The lowest BCUT2D eigenvalue weighted by Crippen LogP contribution is -2.34. The van der Waals surface area contributed by atoms with Gasteiger partial charge in [0, 0.05) is 17.9 Å². The van der Waals surface area contributed by atoms with E-state index in [1.807, 2.05) is 30.3 Å². The largest absolute Gasteiger partial charge is 0.323 e. The van der Waals surface area contributed by atoms with Crippen LogP contribution in [-0.2, 0) is 21.9 Å². The Hall–Kier alpha value is -2.54. The number of amides is 2. The van der Waals surface area contributed by atoms with Crippen molar-refractivity contribution in [2.24, 2.45) is 0 Å². The lowest BCUT2D eigenvalue weighted by Gasteiger charge is -2.29. The first-order valence-corrected chi connectivity index (χ1v) is 11.2. The number of carbonyl (C=O) groups excluding carboxylic acids is 1. The molecule has 1 heterocycles. The number of anilines is 3. The van der Waals surface area contributed by atoms with E-state index in [1.54, 1.807) is 12.1 Å². The minimum atomic E-state index is -3.34. The third-order valence-corrected chi connectivity index (χ3v) is 6.01. The average molecular weight is 402 g/mol. The van der Waals surface area contributed by atoms with Crippen molar-refractivity contribution in [2.45, 2.75) is 39.0 Å². The van der Waals surface area contributed by atoms with E-state index in [9.17, 15) is 13.2 Å². The molecule has 28 heavy (non-hydrogen) atoms. The third-order valence-electron chi connectivity index (χ3n) is 4.83. The van der Waals surface area contributed by atoms with E-state index >= 15 is 0 Å². The first-order valence-electron chi connectivity index (χ1n) is 9.33. The zero-order valence-electron chi connectivity index (χ0n) is 16.7. The third kappa shape index (κ3) is 4.65. The molecule has 3 rings (SSSR count). The maximum atomic E-state index is 12.4. The second kappa shape index (κ2) is 7.47. The SMILES string of the molecule is CC(C)(C)c1ccc(NC(=O)Nc2ccc3c(c2)N(S(C)(=O)=O)CCC3)cc1. The summed E-state index contributed by atoms with van der Waals surface area (Å²) in [6.45, 7) is 6.87. The van der Waals surface area contributed by atoms with Gasteiger partial charge in [0.1, 0.15) is 0 Å². The normalized spacial score (nSPS) is 14.4. The Bertz CT molecular complexity index is 977. The first kappa shape index (κ1) is 20.2. The number of nitrogens with zero attached hydrogens (tertiary/aromatic N) is 1. The van der Waals surface area contributed by atoms with Gasteiger partial charge in [-0.2, -0.15) is 0 Å². The van der Waals surface area contributed by atoms with Crippen molar-refractivity contribution in [1.29, 1.82) is 0 Å².